The topological polar surface area (TPSA) is 95.9 Å². The molecule has 1 saturated carbocycles. The van der Waals surface area contributed by atoms with Crippen LogP contribution in [0.3, 0.4) is 0 Å². The van der Waals surface area contributed by atoms with Gasteiger partial charge in [-0.05, 0) is 43.5 Å². The smallest absolute Gasteiger partial charge is 0.241 e. The van der Waals surface area contributed by atoms with Crippen molar-refractivity contribution in [1.29, 1.82) is 0 Å². The van der Waals surface area contributed by atoms with E-state index in [4.69, 9.17) is 4.74 Å². The lowest BCUT2D eigenvalue weighted by molar-refractivity contribution is -0.142. The number of carbonyl (C=O) groups excluding carboxylic acids is 1. The fourth-order valence-electron chi connectivity index (χ4n) is 3.90. The van der Waals surface area contributed by atoms with Gasteiger partial charge in [0.05, 0.1) is 24.2 Å². The van der Waals surface area contributed by atoms with E-state index in [1.807, 2.05) is 0 Å². The molecule has 1 amide bonds. The molecular formula is C18H26N2O5S. The van der Waals surface area contributed by atoms with Crippen LogP contribution < -0.4 is 9.46 Å². The highest BCUT2D eigenvalue weighted by Gasteiger charge is 2.43. The summed E-state index contributed by atoms with van der Waals surface area (Å²) in [5.41, 5.74) is -0.655. The molecule has 144 valence electrons. The van der Waals surface area contributed by atoms with Gasteiger partial charge in [0.1, 0.15) is 5.75 Å². The highest BCUT2D eigenvalue weighted by Crippen LogP contribution is 2.39. The van der Waals surface area contributed by atoms with Crippen molar-refractivity contribution in [2.45, 2.75) is 42.6 Å². The van der Waals surface area contributed by atoms with Crippen molar-refractivity contribution in [3.05, 3.63) is 24.3 Å². The van der Waals surface area contributed by atoms with Crippen molar-refractivity contribution in [1.82, 2.24) is 9.62 Å². The Morgan fingerprint density at radius 3 is 2.73 bits per heavy atom. The Hall–Kier alpha value is -1.64. The molecule has 8 heteroatoms. The van der Waals surface area contributed by atoms with E-state index >= 15 is 0 Å². The van der Waals surface area contributed by atoms with Crippen molar-refractivity contribution in [3.8, 4) is 5.75 Å². The quantitative estimate of drug-likeness (QED) is 0.796. The minimum atomic E-state index is -3.76. The summed E-state index contributed by atoms with van der Waals surface area (Å²) >= 11 is 0. The minimum Gasteiger partial charge on any atom is -0.497 e. The van der Waals surface area contributed by atoms with Crippen LogP contribution in [0.4, 0.5) is 0 Å². The Morgan fingerprint density at radius 1 is 1.31 bits per heavy atom. The molecule has 1 heterocycles. The van der Waals surface area contributed by atoms with Crippen LogP contribution in [-0.4, -0.2) is 56.7 Å². The van der Waals surface area contributed by atoms with Crippen LogP contribution in [0.15, 0.2) is 29.2 Å². The zero-order chi connectivity index (χ0) is 18.8. The van der Waals surface area contributed by atoms with E-state index in [0.717, 1.165) is 25.7 Å². The molecule has 7 nitrogen and oxygen atoms in total. The van der Waals surface area contributed by atoms with Gasteiger partial charge in [0, 0.05) is 19.0 Å². The van der Waals surface area contributed by atoms with Crippen LogP contribution in [0.2, 0.25) is 0 Å². The second-order valence-electron chi connectivity index (χ2n) is 7.14. The second-order valence-corrected chi connectivity index (χ2v) is 8.90. The number of benzene rings is 1. The molecule has 1 aromatic rings. The number of methoxy groups -OCH3 is 1. The molecular weight excluding hydrogens is 356 g/mol. The van der Waals surface area contributed by atoms with E-state index in [1.165, 1.54) is 19.2 Å². The summed E-state index contributed by atoms with van der Waals surface area (Å²) in [6, 6.07) is 6.00. The molecule has 2 atom stereocenters. The van der Waals surface area contributed by atoms with E-state index in [0.29, 0.717) is 25.3 Å². The fourth-order valence-corrected chi connectivity index (χ4v) is 4.88. The minimum absolute atomic E-state index is 0.0893. The van der Waals surface area contributed by atoms with Crippen molar-refractivity contribution in [3.63, 3.8) is 0 Å². The number of sulfonamides is 1. The van der Waals surface area contributed by atoms with E-state index in [2.05, 4.69) is 4.72 Å². The molecule has 2 fully saturated rings. The number of hydrogen-bond acceptors (Lipinski definition) is 5. The molecule has 1 saturated heterocycles. The first-order valence-electron chi connectivity index (χ1n) is 8.98. The summed E-state index contributed by atoms with van der Waals surface area (Å²) in [7, 11) is -2.25. The van der Waals surface area contributed by atoms with Crippen molar-refractivity contribution >= 4 is 15.9 Å². The van der Waals surface area contributed by atoms with Crippen molar-refractivity contribution in [2.24, 2.45) is 5.92 Å². The third kappa shape index (κ3) is 4.02. The zero-order valence-electron chi connectivity index (χ0n) is 15.0. The Morgan fingerprint density at radius 2 is 2.04 bits per heavy atom. The Labute approximate surface area is 154 Å². The molecule has 2 aliphatic rings. The summed E-state index contributed by atoms with van der Waals surface area (Å²) in [6.45, 7) is 0.690. The maximum absolute atomic E-state index is 12.5. The van der Waals surface area contributed by atoms with Crippen LogP contribution in [0.1, 0.15) is 32.1 Å². The zero-order valence-corrected chi connectivity index (χ0v) is 15.8. The lowest BCUT2D eigenvalue weighted by Gasteiger charge is -2.47. The SMILES string of the molecule is COc1ccc(S(=O)(=O)NCC(=O)N2CCC3(O)CCCCC3C2)cc1. The van der Waals surface area contributed by atoms with Crippen molar-refractivity contribution in [2.75, 3.05) is 26.7 Å². The summed E-state index contributed by atoms with van der Waals surface area (Å²) in [5, 5.41) is 10.7. The highest BCUT2D eigenvalue weighted by molar-refractivity contribution is 7.89. The number of nitrogens with zero attached hydrogens (tertiary/aromatic N) is 1. The predicted octanol–water partition coefficient (Wildman–Crippen LogP) is 1.13. The standard InChI is InChI=1S/C18H26N2O5S/c1-25-15-5-7-16(8-6-15)26(23,24)19-12-17(21)20-11-10-18(22)9-3-2-4-14(18)13-20/h5-8,14,19,22H,2-4,9-13H2,1H3. The Kier molecular flexibility index (Phi) is 5.55. The van der Waals surface area contributed by atoms with Crippen LogP contribution in [0.5, 0.6) is 5.75 Å². The number of rotatable bonds is 5. The number of hydrogen-bond donors (Lipinski definition) is 2. The third-order valence-electron chi connectivity index (χ3n) is 5.56. The molecule has 1 aliphatic heterocycles. The monoisotopic (exact) mass is 382 g/mol. The molecule has 26 heavy (non-hydrogen) atoms. The van der Waals surface area contributed by atoms with Gasteiger partial charge in [0.25, 0.3) is 0 Å². The second kappa shape index (κ2) is 7.54. The first-order chi connectivity index (χ1) is 12.3. The number of aliphatic hydroxyl groups is 1. The van der Waals surface area contributed by atoms with E-state index in [-0.39, 0.29) is 23.3 Å². The van der Waals surface area contributed by atoms with Crippen LogP contribution in [-0.2, 0) is 14.8 Å². The van der Waals surface area contributed by atoms with Crippen LogP contribution in [0, 0.1) is 5.92 Å². The van der Waals surface area contributed by atoms with E-state index < -0.39 is 15.6 Å². The third-order valence-corrected chi connectivity index (χ3v) is 6.98. The fraction of sp³-hybridized carbons (Fsp3) is 0.611. The normalized spacial score (nSPS) is 26.2. The number of likely N-dealkylation sites (tertiary alicyclic amines) is 1. The maximum Gasteiger partial charge on any atom is 0.241 e. The molecule has 1 aromatic carbocycles. The number of carbonyl (C=O) groups is 1. The van der Waals surface area contributed by atoms with Crippen molar-refractivity contribution < 1.29 is 23.1 Å². The van der Waals surface area contributed by atoms with Gasteiger partial charge in [0.15, 0.2) is 0 Å². The first kappa shape index (κ1) is 19.1. The van der Waals surface area contributed by atoms with Gasteiger partial charge < -0.3 is 14.7 Å². The number of fused-ring (bicyclic) bond motifs is 1. The summed E-state index contributed by atoms with van der Waals surface area (Å²) in [4.78, 5) is 14.2. The van der Waals surface area contributed by atoms with Crippen LogP contribution in [0.25, 0.3) is 0 Å². The number of amides is 1. The Bertz CT molecular complexity index is 749. The van der Waals surface area contributed by atoms with Gasteiger partial charge in [-0.1, -0.05) is 12.8 Å². The van der Waals surface area contributed by atoms with Gasteiger partial charge in [-0.2, -0.15) is 0 Å². The van der Waals surface area contributed by atoms with Gasteiger partial charge in [-0.15, -0.1) is 0 Å². The van der Waals surface area contributed by atoms with E-state index in [9.17, 15) is 18.3 Å². The predicted molar refractivity (Wildman–Crippen MR) is 96.3 cm³/mol. The van der Waals surface area contributed by atoms with Gasteiger partial charge >= 0.3 is 0 Å². The molecule has 0 spiro atoms. The molecule has 0 bridgehead atoms. The van der Waals surface area contributed by atoms with E-state index in [1.54, 1.807) is 17.0 Å². The molecule has 2 unspecified atom stereocenters. The number of ether oxygens (including phenoxy) is 1. The summed E-state index contributed by atoms with van der Waals surface area (Å²) in [6.07, 6.45) is 4.37. The molecule has 3 rings (SSSR count). The molecule has 0 aromatic heterocycles. The summed E-state index contributed by atoms with van der Waals surface area (Å²) in [5.74, 6) is 0.398. The maximum atomic E-state index is 12.5. The lowest BCUT2D eigenvalue weighted by Crippen LogP contribution is -2.56. The molecule has 1 aliphatic carbocycles. The van der Waals surface area contributed by atoms with Gasteiger partial charge in [-0.3, -0.25) is 4.79 Å². The number of piperidine rings is 1. The van der Waals surface area contributed by atoms with Gasteiger partial charge in [0.2, 0.25) is 15.9 Å². The highest BCUT2D eigenvalue weighted by atomic mass is 32.2. The average molecular weight is 382 g/mol. The average Bonchev–Trinajstić information content (AvgIpc) is 2.65. The number of nitrogens with one attached hydrogen (secondary N) is 1. The largest absolute Gasteiger partial charge is 0.497 e. The van der Waals surface area contributed by atoms with Gasteiger partial charge in [-0.25, -0.2) is 13.1 Å². The molecule has 2 N–H and O–H groups in total. The summed E-state index contributed by atoms with van der Waals surface area (Å²) < 4.78 is 32.1. The Balaban J connectivity index is 1.58. The first-order valence-corrected chi connectivity index (χ1v) is 10.5. The molecule has 0 radical (unpaired) electrons. The van der Waals surface area contributed by atoms with Crippen LogP contribution >= 0.6 is 0 Å². The lowest BCUT2D eigenvalue weighted by atomic mass is 9.71.